The van der Waals surface area contributed by atoms with E-state index in [-0.39, 0.29) is 12.2 Å². The van der Waals surface area contributed by atoms with Crippen molar-refractivity contribution in [2.24, 2.45) is 0 Å². The van der Waals surface area contributed by atoms with Crippen LogP contribution in [0.1, 0.15) is 29.9 Å². The lowest BCUT2D eigenvalue weighted by molar-refractivity contribution is 0.550. The van der Waals surface area contributed by atoms with Gasteiger partial charge in [0.05, 0.1) is 0 Å². The fraction of sp³-hybridized carbons (Fsp3) is 0.364. The summed E-state index contributed by atoms with van der Waals surface area (Å²) in [5.74, 6) is 0.194. The van der Waals surface area contributed by atoms with Crippen LogP contribution in [0, 0.1) is 5.82 Å². The Morgan fingerprint density at radius 2 is 2.23 bits per heavy atom. The third-order valence-electron chi connectivity index (χ3n) is 2.39. The van der Waals surface area contributed by atoms with Gasteiger partial charge in [-0.1, -0.05) is 18.2 Å². The predicted molar refractivity (Wildman–Crippen MR) is 47.8 cm³/mol. The normalized spacial score (nSPS) is 15.8. The highest BCUT2D eigenvalue weighted by Gasteiger charge is 2.27. The molecule has 1 aliphatic rings. The maximum Gasteiger partial charge on any atom is 0.203 e. The molecule has 1 aliphatic carbocycles. The zero-order chi connectivity index (χ0) is 9.26. The number of hydrogen-bond acceptors (Lipinski definition) is 1. The summed E-state index contributed by atoms with van der Waals surface area (Å²) in [6.45, 7) is 0. The molecule has 1 radical (unpaired) electrons. The Bertz CT molecular complexity index is 329. The number of rotatable bonds is 3. The average Bonchev–Trinajstić information content (AvgIpc) is 2.92. The van der Waals surface area contributed by atoms with Crippen LogP contribution in [0.4, 0.5) is 4.39 Å². The Morgan fingerprint density at radius 3 is 2.85 bits per heavy atom. The summed E-state index contributed by atoms with van der Waals surface area (Å²) in [7, 11) is 0. The van der Waals surface area contributed by atoms with E-state index in [4.69, 9.17) is 0 Å². The second-order valence-electron chi connectivity index (χ2n) is 3.42. The van der Waals surface area contributed by atoms with Crippen LogP contribution in [0.2, 0.25) is 0 Å². The molecule has 1 fully saturated rings. The molecule has 0 saturated heterocycles. The topological polar surface area (TPSA) is 17.1 Å². The van der Waals surface area contributed by atoms with Crippen LogP contribution in [-0.2, 0) is 11.2 Å². The van der Waals surface area contributed by atoms with Crippen LogP contribution in [-0.4, -0.2) is 6.29 Å². The quantitative estimate of drug-likeness (QED) is 0.692. The van der Waals surface area contributed by atoms with Crippen molar-refractivity contribution >= 4 is 6.29 Å². The van der Waals surface area contributed by atoms with Crippen LogP contribution >= 0.6 is 0 Å². The highest BCUT2D eigenvalue weighted by atomic mass is 19.1. The van der Waals surface area contributed by atoms with E-state index in [0.717, 1.165) is 18.4 Å². The molecule has 0 amide bonds. The van der Waals surface area contributed by atoms with E-state index in [1.165, 1.54) is 0 Å². The lowest BCUT2D eigenvalue weighted by atomic mass is 10.0. The van der Waals surface area contributed by atoms with E-state index in [2.05, 4.69) is 0 Å². The van der Waals surface area contributed by atoms with E-state index < -0.39 is 0 Å². The van der Waals surface area contributed by atoms with Crippen molar-refractivity contribution in [3.05, 3.63) is 35.1 Å². The Hall–Kier alpha value is -1.18. The van der Waals surface area contributed by atoms with Crippen molar-refractivity contribution in [2.45, 2.75) is 25.2 Å². The molecule has 2 heteroatoms. The summed E-state index contributed by atoms with van der Waals surface area (Å²) in [5.41, 5.74) is 1.24. The van der Waals surface area contributed by atoms with Crippen LogP contribution in [0.5, 0.6) is 0 Å². The fourth-order valence-corrected chi connectivity index (χ4v) is 1.52. The van der Waals surface area contributed by atoms with E-state index in [0.29, 0.717) is 11.5 Å². The molecule has 0 aromatic heterocycles. The second-order valence-corrected chi connectivity index (χ2v) is 3.42. The van der Waals surface area contributed by atoms with Crippen LogP contribution in [0.3, 0.4) is 0 Å². The molecule has 0 N–H and O–H groups in total. The lowest BCUT2D eigenvalue weighted by Gasteiger charge is -2.03. The maximum atomic E-state index is 13.6. The molecule has 1 nitrogen and oxygen atoms in total. The van der Waals surface area contributed by atoms with Crippen molar-refractivity contribution < 1.29 is 9.18 Å². The molecule has 0 atom stereocenters. The van der Waals surface area contributed by atoms with Crippen LogP contribution < -0.4 is 0 Å². The van der Waals surface area contributed by atoms with Crippen molar-refractivity contribution in [1.29, 1.82) is 0 Å². The van der Waals surface area contributed by atoms with Gasteiger partial charge in [0.15, 0.2) is 0 Å². The Labute approximate surface area is 76.6 Å². The van der Waals surface area contributed by atoms with Gasteiger partial charge in [-0.05, 0) is 29.9 Å². The summed E-state index contributed by atoms with van der Waals surface area (Å²) < 4.78 is 13.6. The first-order valence-electron chi connectivity index (χ1n) is 4.45. The molecule has 0 spiro atoms. The molecule has 67 valence electrons. The minimum absolute atomic E-state index is 0.0619. The molecular formula is C11H10FO. The zero-order valence-corrected chi connectivity index (χ0v) is 7.22. The molecular weight excluding hydrogens is 167 g/mol. The van der Waals surface area contributed by atoms with Crippen molar-refractivity contribution in [3.63, 3.8) is 0 Å². The van der Waals surface area contributed by atoms with Gasteiger partial charge in [-0.2, -0.15) is 0 Å². The van der Waals surface area contributed by atoms with Gasteiger partial charge in [-0.15, -0.1) is 0 Å². The standard InChI is InChI=1S/C11H10FO/c12-11-9(6-7-13)2-1-3-10(11)8-4-5-8/h1-3,8H,4-6H2. The number of benzene rings is 1. The fourth-order valence-electron chi connectivity index (χ4n) is 1.52. The first kappa shape index (κ1) is 8.42. The van der Waals surface area contributed by atoms with Gasteiger partial charge in [0, 0.05) is 6.42 Å². The van der Waals surface area contributed by atoms with Gasteiger partial charge in [0.25, 0.3) is 0 Å². The summed E-state index contributed by atoms with van der Waals surface area (Å²) in [5, 5.41) is 0. The first-order valence-corrected chi connectivity index (χ1v) is 4.45. The summed E-state index contributed by atoms with van der Waals surface area (Å²) >= 11 is 0. The molecule has 13 heavy (non-hydrogen) atoms. The average molecular weight is 177 g/mol. The smallest absolute Gasteiger partial charge is 0.203 e. The van der Waals surface area contributed by atoms with E-state index in [9.17, 15) is 9.18 Å². The molecule has 0 unspecified atom stereocenters. The molecule has 0 bridgehead atoms. The highest BCUT2D eigenvalue weighted by molar-refractivity contribution is 5.56. The van der Waals surface area contributed by atoms with Crippen LogP contribution in [0.15, 0.2) is 18.2 Å². The van der Waals surface area contributed by atoms with Crippen molar-refractivity contribution in [1.82, 2.24) is 0 Å². The SMILES string of the molecule is O=[C]Cc1cccc(C2CC2)c1F. The van der Waals surface area contributed by atoms with Gasteiger partial charge in [0.1, 0.15) is 5.82 Å². The first-order chi connectivity index (χ1) is 6.33. The molecule has 2 rings (SSSR count). The van der Waals surface area contributed by atoms with E-state index in [1.54, 1.807) is 18.4 Å². The number of carbonyl (C=O) groups excluding carboxylic acids is 1. The predicted octanol–water partition coefficient (Wildman–Crippen LogP) is 2.36. The Balaban J connectivity index is 2.35. The summed E-state index contributed by atoms with van der Waals surface area (Å²) in [6.07, 6.45) is 3.93. The van der Waals surface area contributed by atoms with Gasteiger partial charge in [-0.25, -0.2) is 4.39 Å². The van der Waals surface area contributed by atoms with Crippen molar-refractivity contribution in [3.8, 4) is 0 Å². The molecule has 0 aliphatic heterocycles. The van der Waals surface area contributed by atoms with Gasteiger partial charge in [-0.3, -0.25) is 4.79 Å². The Kier molecular flexibility index (Phi) is 2.13. The Morgan fingerprint density at radius 1 is 1.46 bits per heavy atom. The van der Waals surface area contributed by atoms with Gasteiger partial charge < -0.3 is 0 Å². The molecule has 1 aromatic carbocycles. The second kappa shape index (κ2) is 3.29. The minimum atomic E-state index is -0.201. The third kappa shape index (κ3) is 1.62. The highest BCUT2D eigenvalue weighted by Crippen LogP contribution is 2.41. The third-order valence-corrected chi connectivity index (χ3v) is 2.39. The van der Waals surface area contributed by atoms with Crippen molar-refractivity contribution in [2.75, 3.05) is 0 Å². The largest absolute Gasteiger partial charge is 0.291 e. The molecule has 1 saturated carbocycles. The maximum absolute atomic E-state index is 13.6. The van der Waals surface area contributed by atoms with E-state index >= 15 is 0 Å². The molecule has 1 aromatic rings. The zero-order valence-electron chi connectivity index (χ0n) is 7.22. The molecule has 0 heterocycles. The monoisotopic (exact) mass is 177 g/mol. The van der Waals surface area contributed by atoms with Crippen LogP contribution in [0.25, 0.3) is 0 Å². The summed E-state index contributed by atoms with van der Waals surface area (Å²) in [4.78, 5) is 10.1. The minimum Gasteiger partial charge on any atom is -0.291 e. The van der Waals surface area contributed by atoms with Gasteiger partial charge >= 0.3 is 0 Å². The lowest BCUT2D eigenvalue weighted by Crippen LogP contribution is -1.95. The van der Waals surface area contributed by atoms with Gasteiger partial charge in [0.2, 0.25) is 6.29 Å². The van der Waals surface area contributed by atoms with E-state index in [1.807, 2.05) is 6.07 Å². The summed E-state index contributed by atoms with van der Waals surface area (Å²) in [6, 6.07) is 5.26. The number of hydrogen-bond donors (Lipinski definition) is 0. The number of halogens is 1.